The van der Waals surface area contributed by atoms with Crippen LogP contribution in [0.25, 0.3) is 0 Å². The molecule has 0 aliphatic carbocycles. The third-order valence-corrected chi connectivity index (χ3v) is 1.07. The summed E-state index contributed by atoms with van der Waals surface area (Å²) in [6, 6.07) is 0. The van der Waals surface area contributed by atoms with Gasteiger partial charge in [0.05, 0.1) is 0 Å². The minimum atomic E-state index is -0.532. The lowest BCUT2D eigenvalue weighted by molar-refractivity contribution is -0.123. The smallest absolute Gasteiger partial charge is 0.289 e. The molecule has 1 amide bonds. The Morgan fingerprint density at radius 2 is 2.67 bits per heavy atom. The van der Waals surface area contributed by atoms with Gasteiger partial charge in [0.1, 0.15) is 0 Å². The normalized spacial score (nSPS) is 24.6. The molecule has 4 heteroatoms. The van der Waals surface area contributed by atoms with Gasteiger partial charge in [-0.1, -0.05) is 0 Å². The number of rotatable bonds is 2. The van der Waals surface area contributed by atoms with Gasteiger partial charge < -0.3 is 9.84 Å². The first kappa shape index (κ1) is 6.22. The van der Waals surface area contributed by atoms with Gasteiger partial charge in [-0.3, -0.25) is 4.79 Å². The molecule has 9 heavy (non-hydrogen) atoms. The zero-order valence-corrected chi connectivity index (χ0v) is 4.78. The van der Waals surface area contributed by atoms with Gasteiger partial charge in [0.25, 0.3) is 5.91 Å². The first-order chi connectivity index (χ1) is 4.34. The van der Waals surface area contributed by atoms with E-state index in [4.69, 9.17) is 9.84 Å². The number of hydrogen-bond donors (Lipinski definition) is 1. The molecule has 1 unspecified atom stereocenters. The molecule has 0 saturated carbocycles. The Morgan fingerprint density at radius 3 is 3.11 bits per heavy atom. The fourth-order valence-electron chi connectivity index (χ4n) is 0.606. The highest BCUT2D eigenvalue weighted by atomic mass is 16.5. The average Bonchev–Trinajstić information content (AvgIpc) is 2.18. The highest BCUT2D eigenvalue weighted by Gasteiger charge is 2.21. The van der Waals surface area contributed by atoms with E-state index in [0.717, 1.165) is 6.40 Å². The van der Waals surface area contributed by atoms with Crippen LogP contribution >= 0.6 is 0 Å². The topological polar surface area (TPSA) is 58.9 Å². The maximum absolute atomic E-state index is 10.5. The molecule has 0 radical (unpaired) electrons. The third kappa shape index (κ3) is 1.26. The van der Waals surface area contributed by atoms with Gasteiger partial charge in [0.2, 0.25) is 0 Å². The number of amides is 1. The standard InChI is InChI=1S/C5H7NO3/c7-2-1-4-5(8)6-3-9-4/h3-4,7H,1-2H2. The van der Waals surface area contributed by atoms with E-state index in [0.29, 0.717) is 6.42 Å². The molecule has 0 saturated heterocycles. The van der Waals surface area contributed by atoms with Crippen molar-refractivity contribution < 1.29 is 14.6 Å². The molecule has 0 spiro atoms. The number of carbonyl (C=O) groups excluding carboxylic acids is 1. The number of aliphatic hydroxyl groups excluding tert-OH is 1. The second-order valence-electron chi connectivity index (χ2n) is 1.71. The first-order valence-corrected chi connectivity index (χ1v) is 2.67. The van der Waals surface area contributed by atoms with Crippen LogP contribution in [0, 0.1) is 0 Å². The van der Waals surface area contributed by atoms with E-state index in [1.54, 1.807) is 0 Å². The molecule has 1 rings (SSSR count). The van der Waals surface area contributed by atoms with Crippen LogP contribution in [0.3, 0.4) is 0 Å². The molecule has 4 nitrogen and oxygen atoms in total. The van der Waals surface area contributed by atoms with Crippen LogP contribution in [0.1, 0.15) is 6.42 Å². The van der Waals surface area contributed by atoms with Crippen LogP contribution in [0.15, 0.2) is 4.99 Å². The predicted octanol–water partition coefficient (Wildman–Crippen LogP) is -0.677. The summed E-state index contributed by atoms with van der Waals surface area (Å²) in [5, 5.41) is 8.36. The largest absolute Gasteiger partial charge is 0.470 e. The summed E-state index contributed by atoms with van der Waals surface area (Å²) in [6.07, 6.45) is 0.914. The molecule has 1 aliphatic heterocycles. The lowest BCUT2D eigenvalue weighted by atomic mass is 10.2. The molecule has 1 aliphatic rings. The Labute approximate surface area is 52.2 Å². The molecule has 0 aromatic heterocycles. The number of aliphatic imine (C=N–C) groups is 1. The van der Waals surface area contributed by atoms with Crippen molar-refractivity contribution in [2.75, 3.05) is 6.61 Å². The molecule has 1 N–H and O–H groups in total. The van der Waals surface area contributed by atoms with E-state index in [1.807, 2.05) is 0 Å². The van der Waals surface area contributed by atoms with E-state index < -0.39 is 6.10 Å². The fraction of sp³-hybridized carbons (Fsp3) is 0.600. The molecule has 0 aromatic rings. The van der Waals surface area contributed by atoms with E-state index in [1.165, 1.54) is 0 Å². The molecule has 1 atom stereocenters. The van der Waals surface area contributed by atoms with Gasteiger partial charge in [-0.15, -0.1) is 0 Å². The number of carbonyl (C=O) groups is 1. The van der Waals surface area contributed by atoms with Crippen molar-refractivity contribution in [1.29, 1.82) is 0 Å². The summed E-state index contributed by atoms with van der Waals surface area (Å²) >= 11 is 0. The number of ether oxygens (including phenoxy) is 1. The van der Waals surface area contributed by atoms with Gasteiger partial charge in [0, 0.05) is 13.0 Å². The second-order valence-corrected chi connectivity index (χ2v) is 1.71. The number of nitrogens with zero attached hydrogens (tertiary/aromatic N) is 1. The zero-order valence-electron chi connectivity index (χ0n) is 4.78. The van der Waals surface area contributed by atoms with Crippen molar-refractivity contribution >= 4 is 12.3 Å². The molecule has 0 aromatic carbocycles. The van der Waals surface area contributed by atoms with Gasteiger partial charge in [-0.05, 0) is 0 Å². The van der Waals surface area contributed by atoms with Crippen LogP contribution in [0.2, 0.25) is 0 Å². The van der Waals surface area contributed by atoms with Crippen molar-refractivity contribution in [3.05, 3.63) is 0 Å². The lowest BCUT2D eigenvalue weighted by Crippen LogP contribution is -2.17. The van der Waals surface area contributed by atoms with Crippen molar-refractivity contribution in [2.45, 2.75) is 12.5 Å². The maximum Gasteiger partial charge on any atom is 0.289 e. The Kier molecular flexibility index (Phi) is 1.79. The minimum absolute atomic E-state index is 0.0419. The SMILES string of the molecule is O=C1N=COC1CCO. The Morgan fingerprint density at radius 1 is 1.89 bits per heavy atom. The van der Waals surface area contributed by atoms with Crippen LogP contribution < -0.4 is 0 Å². The van der Waals surface area contributed by atoms with Crippen LogP contribution in [0.4, 0.5) is 0 Å². The van der Waals surface area contributed by atoms with Crippen LogP contribution in [-0.4, -0.2) is 30.1 Å². The van der Waals surface area contributed by atoms with Gasteiger partial charge in [-0.2, -0.15) is 4.99 Å². The van der Waals surface area contributed by atoms with Crippen molar-refractivity contribution in [2.24, 2.45) is 4.99 Å². The van der Waals surface area contributed by atoms with Crippen molar-refractivity contribution in [3.8, 4) is 0 Å². The van der Waals surface area contributed by atoms with E-state index in [9.17, 15) is 4.79 Å². The Hall–Kier alpha value is -0.900. The molecule has 0 fully saturated rings. The fourth-order valence-corrected chi connectivity index (χ4v) is 0.606. The minimum Gasteiger partial charge on any atom is -0.470 e. The molecule has 50 valence electrons. The second kappa shape index (κ2) is 2.59. The summed E-state index contributed by atoms with van der Waals surface area (Å²) < 4.78 is 4.70. The Balaban J connectivity index is 2.37. The summed E-state index contributed by atoms with van der Waals surface area (Å²) in [5.41, 5.74) is 0. The first-order valence-electron chi connectivity index (χ1n) is 2.67. The van der Waals surface area contributed by atoms with Gasteiger partial charge in [-0.25, -0.2) is 0 Å². The van der Waals surface area contributed by atoms with E-state index in [2.05, 4.69) is 4.99 Å². The van der Waals surface area contributed by atoms with Gasteiger partial charge in [0.15, 0.2) is 12.5 Å². The highest BCUT2D eigenvalue weighted by molar-refractivity contribution is 5.91. The van der Waals surface area contributed by atoms with Crippen molar-refractivity contribution in [3.63, 3.8) is 0 Å². The average molecular weight is 129 g/mol. The summed E-state index contributed by atoms with van der Waals surface area (Å²) in [4.78, 5) is 13.9. The Bertz CT molecular complexity index is 143. The zero-order chi connectivity index (χ0) is 6.69. The summed E-state index contributed by atoms with van der Waals surface area (Å²) in [6.45, 7) is -0.0419. The molecular formula is C5H7NO3. The predicted molar refractivity (Wildman–Crippen MR) is 30.1 cm³/mol. The van der Waals surface area contributed by atoms with E-state index in [-0.39, 0.29) is 12.5 Å². The van der Waals surface area contributed by atoms with Crippen molar-refractivity contribution in [1.82, 2.24) is 0 Å². The monoisotopic (exact) mass is 129 g/mol. The number of aliphatic hydroxyl groups is 1. The molecule has 0 bridgehead atoms. The van der Waals surface area contributed by atoms with Crippen LogP contribution in [-0.2, 0) is 9.53 Å². The van der Waals surface area contributed by atoms with Gasteiger partial charge >= 0.3 is 0 Å². The summed E-state index contributed by atoms with van der Waals surface area (Å²) in [5.74, 6) is -0.302. The highest BCUT2D eigenvalue weighted by Crippen LogP contribution is 2.04. The van der Waals surface area contributed by atoms with Crippen LogP contribution in [0.5, 0.6) is 0 Å². The maximum atomic E-state index is 10.5. The number of hydrogen-bond acceptors (Lipinski definition) is 3. The summed E-state index contributed by atoms with van der Waals surface area (Å²) in [7, 11) is 0. The lowest BCUT2D eigenvalue weighted by Gasteiger charge is -2.01. The third-order valence-electron chi connectivity index (χ3n) is 1.07. The molecular weight excluding hydrogens is 122 g/mol. The molecule has 1 heterocycles. The van der Waals surface area contributed by atoms with E-state index >= 15 is 0 Å². The quantitative estimate of drug-likeness (QED) is 0.537.